The van der Waals surface area contributed by atoms with E-state index in [9.17, 15) is 14.7 Å². The lowest BCUT2D eigenvalue weighted by atomic mass is 9.96. The van der Waals surface area contributed by atoms with Gasteiger partial charge in [-0.25, -0.2) is 4.98 Å². The number of Topliss-reactive ketones (excluding diaryl/α,β-unsaturated/α-hetero) is 1. The molecule has 0 spiro atoms. The molecule has 1 saturated heterocycles. The van der Waals surface area contributed by atoms with Gasteiger partial charge in [-0.2, -0.15) is 0 Å². The molecule has 1 amide bonds. The summed E-state index contributed by atoms with van der Waals surface area (Å²) in [6.07, 6.45) is 4.69. The van der Waals surface area contributed by atoms with Gasteiger partial charge in [-0.1, -0.05) is 23.7 Å². The number of anilines is 1. The summed E-state index contributed by atoms with van der Waals surface area (Å²) in [7, 11) is 0. The van der Waals surface area contributed by atoms with Crippen molar-refractivity contribution in [2.45, 2.75) is 6.04 Å². The summed E-state index contributed by atoms with van der Waals surface area (Å²) in [5.41, 5.74) is 0.950. The fraction of sp³-hybridized carbons (Fsp3) is 0.0476. The van der Waals surface area contributed by atoms with Crippen molar-refractivity contribution in [1.82, 2.24) is 9.97 Å². The highest BCUT2D eigenvalue weighted by Gasteiger charge is 2.47. The lowest BCUT2D eigenvalue weighted by molar-refractivity contribution is -0.132. The molecule has 28 heavy (non-hydrogen) atoms. The summed E-state index contributed by atoms with van der Waals surface area (Å²) in [5, 5.41) is 11.4. The SMILES string of the molecule is O=C1C(=O)N(c2ccccn2)C(c2cccnc2)C1=C(O)c1ccc(Cl)cc1. The van der Waals surface area contributed by atoms with E-state index in [4.69, 9.17) is 11.6 Å². The third-order valence-electron chi connectivity index (χ3n) is 4.46. The van der Waals surface area contributed by atoms with E-state index in [0.717, 1.165) is 0 Å². The Bertz CT molecular complexity index is 1070. The topological polar surface area (TPSA) is 83.4 Å². The molecular weight excluding hydrogens is 378 g/mol. The second-order valence-electron chi connectivity index (χ2n) is 6.15. The van der Waals surface area contributed by atoms with Crippen molar-refractivity contribution < 1.29 is 14.7 Å². The maximum Gasteiger partial charge on any atom is 0.301 e. The molecule has 1 aromatic carbocycles. The number of ketones is 1. The summed E-state index contributed by atoms with van der Waals surface area (Å²) < 4.78 is 0. The van der Waals surface area contributed by atoms with E-state index in [-0.39, 0.29) is 11.3 Å². The van der Waals surface area contributed by atoms with E-state index < -0.39 is 17.7 Å². The third-order valence-corrected chi connectivity index (χ3v) is 4.71. The van der Waals surface area contributed by atoms with Crippen molar-refractivity contribution in [2.75, 3.05) is 4.90 Å². The van der Waals surface area contributed by atoms with Gasteiger partial charge in [-0.05, 0) is 48.0 Å². The van der Waals surface area contributed by atoms with Crippen LogP contribution in [0.15, 0.2) is 78.8 Å². The van der Waals surface area contributed by atoms with Gasteiger partial charge in [-0.3, -0.25) is 19.5 Å². The number of aliphatic hydroxyl groups excluding tert-OH is 1. The van der Waals surface area contributed by atoms with Gasteiger partial charge < -0.3 is 5.11 Å². The maximum atomic E-state index is 12.9. The molecule has 1 unspecified atom stereocenters. The van der Waals surface area contributed by atoms with Gasteiger partial charge in [0.1, 0.15) is 11.6 Å². The molecule has 1 fully saturated rings. The number of pyridine rings is 2. The monoisotopic (exact) mass is 391 g/mol. The number of aromatic nitrogens is 2. The first kappa shape index (κ1) is 17.9. The molecular formula is C21H14ClN3O3. The fourth-order valence-corrected chi connectivity index (χ4v) is 3.31. The van der Waals surface area contributed by atoms with Crippen LogP contribution in [0.2, 0.25) is 5.02 Å². The Morgan fingerprint density at radius 1 is 1.00 bits per heavy atom. The highest BCUT2D eigenvalue weighted by molar-refractivity contribution is 6.51. The van der Waals surface area contributed by atoms with Crippen LogP contribution < -0.4 is 4.90 Å². The first-order valence-corrected chi connectivity index (χ1v) is 8.83. The summed E-state index contributed by atoms with van der Waals surface area (Å²) in [6.45, 7) is 0. The number of nitrogens with zero attached hydrogens (tertiary/aromatic N) is 3. The molecule has 4 rings (SSSR count). The summed E-state index contributed by atoms with van der Waals surface area (Å²) in [4.78, 5) is 35.3. The predicted octanol–water partition coefficient (Wildman–Crippen LogP) is 3.76. The predicted molar refractivity (Wildman–Crippen MR) is 105 cm³/mol. The zero-order valence-corrected chi connectivity index (χ0v) is 15.2. The average Bonchev–Trinajstić information content (AvgIpc) is 3.00. The second-order valence-corrected chi connectivity index (χ2v) is 6.59. The zero-order chi connectivity index (χ0) is 19.7. The van der Waals surface area contributed by atoms with E-state index in [1.807, 2.05) is 0 Å². The van der Waals surface area contributed by atoms with Crippen molar-refractivity contribution >= 4 is 34.9 Å². The number of amides is 1. The van der Waals surface area contributed by atoms with Crippen LogP contribution in [0.25, 0.3) is 5.76 Å². The second kappa shape index (κ2) is 7.25. The van der Waals surface area contributed by atoms with Crippen LogP contribution in [-0.4, -0.2) is 26.8 Å². The summed E-state index contributed by atoms with van der Waals surface area (Å²) in [5.74, 6) is -1.51. The van der Waals surface area contributed by atoms with Crippen LogP contribution in [0.4, 0.5) is 5.82 Å². The molecule has 0 aliphatic carbocycles. The lowest BCUT2D eigenvalue weighted by Gasteiger charge is -2.24. The van der Waals surface area contributed by atoms with Gasteiger partial charge >= 0.3 is 5.91 Å². The Hall–Kier alpha value is -3.51. The smallest absolute Gasteiger partial charge is 0.301 e. The fourth-order valence-electron chi connectivity index (χ4n) is 3.18. The molecule has 0 radical (unpaired) electrons. The molecule has 1 aliphatic heterocycles. The first-order chi connectivity index (χ1) is 13.6. The van der Waals surface area contributed by atoms with E-state index in [1.165, 1.54) is 11.1 Å². The van der Waals surface area contributed by atoms with Gasteiger partial charge in [0.25, 0.3) is 5.78 Å². The Morgan fingerprint density at radius 3 is 2.43 bits per heavy atom. The summed E-state index contributed by atoms with van der Waals surface area (Å²) >= 11 is 5.91. The van der Waals surface area contributed by atoms with Crippen LogP contribution in [0, 0.1) is 0 Å². The number of carbonyl (C=O) groups is 2. The average molecular weight is 392 g/mol. The molecule has 6 nitrogen and oxygen atoms in total. The zero-order valence-electron chi connectivity index (χ0n) is 14.5. The van der Waals surface area contributed by atoms with Crippen LogP contribution in [0.3, 0.4) is 0 Å². The van der Waals surface area contributed by atoms with E-state index in [1.54, 1.807) is 67.0 Å². The molecule has 3 aromatic rings. The van der Waals surface area contributed by atoms with Gasteiger partial charge in [0.15, 0.2) is 0 Å². The molecule has 0 bridgehead atoms. The largest absolute Gasteiger partial charge is 0.507 e. The number of aliphatic hydroxyl groups is 1. The lowest BCUT2D eigenvalue weighted by Crippen LogP contribution is -2.30. The number of carbonyl (C=O) groups excluding carboxylic acids is 2. The van der Waals surface area contributed by atoms with Crippen LogP contribution >= 0.6 is 11.6 Å². The van der Waals surface area contributed by atoms with E-state index >= 15 is 0 Å². The Morgan fingerprint density at radius 2 is 1.79 bits per heavy atom. The minimum Gasteiger partial charge on any atom is -0.507 e. The number of rotatable bonds is 3. The minimum absolute atomic E-state index is 0.0222. The van der Waals surface area contributed by atoms with Crippen LogP contribution in [-0.2, 0) is 9.59 Å². The Balaban J connectivity index is 1.94. The minimum atomic E-state index is -0.848. The van der Waals surface area contributed by atoms with Crippen molar-refractivity contribution in [2.24, 2.45) is 0 Å². The summed E-state index contributed by atoms with van der Waals surface area (Å²) in [6, 6.07) is 14.1. The van der Waals surface area contributed by atoms with Gasteiger partial charge in [0.2, 0.25) is 0 Å². The van der Waals surface area contributed by atoms with E-state index in [2.05, 4.69) is 9.97 Å². The first-order valence-electron chi connectivity index (χ1n) is 8.46. The number of halogens is 1. The van der Waals surface area contributed by atoms with Crippen molar-refractivity contribution in [3.05, 3.63) is 94.9 Å². The molecule has 1 aliphatic rings. The van der Waals surface area contributed by atoms with Gasteiger partial charge in [0.05, 0.1) is 11.6 Å². The molecule has 3 heterocycles. The molecule has 1 atom stereocenters. The van der Waals surface area contributed by atoms with Gasteiger partial charge in [0, 0.05) is 29.2 Å². The number of hydrogen-bond donors (Lipinski definition) is 1. The van der Waals surface area contributed by atoms with Crippen molar-refractivity contribution in [3.63, 3.8) is 0 Å². The molecule has 2 aromatic heterocycles. The van der Waals surface area contributed by atoms with Crippen LogP contribution in [0.1, 0.15) is 17.2 Å². The van der Waals surface area contributed by atoms with Crippen molar-refractivity contribution in [1.29, 1.82) is 0 Å². The quantitative estimate of drug-likeness (QED) is 0.417. The molecule has 7 heteroatoms. The molecule has 0 saturated carbocycles. The highest BCUT2D eigenvalue weighted by atomic mass is 35.5. The highest BCUT2D eigenvalue weighted by Crippen LogP contribution is 2.41. The van der Waals surface area contributed by atoms with Gasteiger partial charge in [-0.15, -0.1) is 0 Å². The standard InChI is InChI=1S/C21H14ClN3O3/c22-15-8-6-13(7-9-15)19(26)17-18(14-4-3-10-23-12-14)25(21(28)20(17)27)16-5-1-2-11-24-16/h1-12,18,26H. The Kier molecular flexibility index (Phi) is 4.63. The number of hydrogen-bond acceptors (Lipinski definition) is 5. The maximum absolute atomic E-state index is 12.9. The normalized spacial score (nSPS) is 18.5. The third kappa shape index (κ3) is 3.04. The Labute approximate surface area is 165 Å². The van der Waals surface area contributed by atoms with Crippen LogP contribution in [0.5, 0.6) is 0 Å². The number of benzene rings is 1. The van der Waals surface area contributed by atoms with Crippen molar-refractivity contribution in [3.8, 4) is 0 Å². The molecule has 138 valence electrons. The molecule has 1 N–H and O–H groups in total. The van der Waals surface area contributed by atoms with E-state index in [0.29, 0.717) is 22.0 Å².